The Kier molecular flexibility index (Phi) is 5.59. The summed E-state index contributed by atoms with van der Waals surface area (Å²) in [5.74, 6) is 1.12. The summed E-state index contributed by atoms with van der Waals surface area (Å²) in [6.07, 6.45) is 1.94. The first-order chi connectivity index (χ1) is 10.3. The second kappa shape index (κ2) is 7.90. The van der Waals surface area contributed by atoms with Gasteiger partial charge < -0.3 is 9.47 Å². The summed E-state index contributed by atoms with van der Waals surface area (Å²) in [7, 11) is 0. The van der Waals surface area contributed by atoms with Crippen molar-refractivity contribution in [3.05, 3.63) is 72.3 Å². The number of benzene rings is 2. The molecule has 0 fully saturated rings. The third kappa shape index (κ3) is 4.80. The number of hydrogen-bond acceptors (Lipinski definition) is 3. The first-order valence-corrected chi connectivity index (χ1v) is 6.93. The highest BCUT2D eigenvalue weighted by Crippen LogP contribution is 2.21. The van der Waals surface area contributed by atoms with Gasteiger partial charge in [-0.15, -0.1) is 0 Å². The van der Waals surface area contributed by atoms with Crippen molar-refractivity contribution in [1.29, 1.82) is 0 Å². The van der Waals surface area contributed by atoms with Crippen molar-refractivity contribution in [3.63, 3.8) is 0 Å². The molecule has 108 valence electrons. The van der Waals surface area contributed by atoms with Crippen LogP contribution in [0.15, 0.2) is 66.7 Å². The van der Waals surface area contributed by atoms with Gasteiger partial charge in [0.15, 0.2) is 0 Å². The molecule has 0 unspecified atom stereocenters. The molecule has 21 heavy (non-hydrogen) atoms. The Morgan fingerprint density at radius 1 is 1.00 bits per heavy atom. The molecule has 0 saturated carbocycles. The van der Waals surface area contributed by atoms with E-state index < -0.39 is 0 Å². The van der Waals surface area contributed by atoms with Crippen LogP contribution in [0.4, 0.5) is 0 Å². The zero-order valence-corrected chi connectivity index (χ0v) is 12.0. The molecule has 0 bridgehead atoms. The van der Waals surface area contributed by atoms with Crippen LogP contribution in [0.3, 0.4) is 0 Å². The van der Waals surface area contributed by atoms with Crippen molar-refractivity contribution in [2.75, 3.05) is 6.61 Å². The lowest BCUT2D eigenvalue weighted by Crippen LogP contribution is -2.03. The van der Waals surface area contributed by atoms with E-state index in [9.17, 15) is 4.79 Å². The lowest BCUT2D eigenvalue weighted by atomic mass is 10.1. The average molecular weight is 282 g/mol. The van der Waals surface area contributed by atoms with E-state index in [0.717, 1.165) is 11.3 Å². The van der Waals surface area contributed by atoms with Crippen LogP contribution < -0.4 is 4.74 Å². The quantitative estimate of drug-likeness (QED) is 0.592. The summed E-state index contributed by atoms with van der Waals surface area (Å²) in [6, 6.07) is 19.2. The second-order valence-electron chi connectivity index (χ2n) is 4.36. The lowest BCUT2D eigenvalue weighted by Gasteiger charge is -2.10. The van der Waals surface area contributed by atoms with Crippen molar-refractivity contribution < 1.29 is 14.3 Å². The average Bonchev–Trinajstić information content (AvgIpc) is 2.53. The van der Waals surface area contributed by atoms with Crippen molar-refractivity contribution in [1.82, 2.24) is 0 Å². The Hall–Kier alpha value is -2.55. The lowest BCUT2D eigenvalue weighted by molar-refractivity contribution is -0.142. The van der Waals surface area contributed by atoms with Gasteiger partial charge in [-0.25, -0.2) is 0 Å². The third-order valence-corrected chi connectivity index (χ3v) is 2.79. The van der Waals surface area contributed by atoms with Gasteiger partial charge in [0.05, 0.1) is 13.0 Å². The fourth-order valence-electron chi connectivity index (χ4n) is 1.83. The van der Waals surface area contributed by atoms with Crippen molar-refractivity contribution >= 4 is 11.7 Å². The molecule has 0 aliphatic carbocycles. The summed E-state index contributed by atoms with van der Waals surface area (Å²) in [4.78, 5) is 11.5. The molecule has 0 radical (unpaired) electrons. The summed E-state index contributed by atoms with van der Waals surface area (Å²) < 4.78 is 10.8. The fourth-order valence-corrected chi connectivity index (χ4v) is 1.83. The van der Waals surface area contributed by atoms with Crippen LogP contribution in [0.5, 0.6) is 5.75 Å². The number of esters is 1. The second-order valence-corrected chi connectivity index (χ2v) is 4.36. The van der Waals surface area contributed by atoms with Crippen LogP contribution >= 0.6 is 0 Å². The zero-order valence-electron chi connectivity index (χ0n) is 12.0. The molecule has 2 rings (SSSR count). The van der Waals surface area contributed by atoms with Gasteiger partial charge >= 0.3 is 5.97 Å². The summed E-state index contributed by atoms with van der Waals surface area (Å²) in [5, 5.41) is 0. The predicted molar refractivity (Wildman–Crippen MR) is 82.7 cm³/mol. The normalized spacial score (nSPS) is 11.0. The number of carbonyl (C=O) groups is 1. The highest BCUT2D eigenvalue weighted by Gasteiger charge is 2.06. The molecule has 3 heteroatoms. The van der Waals surface area contributed by atoms with Gasteiger partial charge in [-0.3, -0.25) is 4.79 Å². The van der Waals surface area contributed by atoms with Crippen LogP contribution in [0, 0.1) is 0 Å². The van der Waals surface area contributed by atoms with Crippen LogP contribution in [-0.2, 0) is 9.53 Å². The molecule has 2 aromatic rings. The Morgan fingerprint density at radius 2 is 1.62 bits per heavy atom. The van der Waals surface area contributed by atoms with E-state index in [1.165, 1.54) is 0 Å². The van der Waals surface area contributed by atoms with E-state index in [4.69, 9.17) is 9.47 Å². The predicted octanol–water partition coefficient (Wildman–Crippen LogP) is 4.06. The van der Waals surface area contributed by atoms with Gasteiger partial charge in [0.2, 0.25) is 0 Å². The molecule has 3 nitrogen and oxygen atoms in total. The van der Waals surface area contributed by atoms with E-state index in [0.29, 0.717) is 12.4 Å². The monoisotopic (exact) mass is 282 g/mol. The third-order valence-electron chi connectivity index (χ3n) is 2.79. The standard InChI is InChI=1S/C18H18O3/c1-2-20-18(19)14-13-17(15-9-5-3-6-10-15)21-16-11-7-4-8-12-16/h3-13H,2,14H2,1H3. The molecule has 0 N–H and O–H groups in total. The number of carbonyl (C=O) groups excluding carboxylic acids is 1. The van der Waals surface area contributed by atoms with Crippen molar-refractivity contribution in [3.8, 4) is 5.75 Å². The molecule has 0 aromatic heterocycles. The Morgan fingerprint density at radius 3 is 2.24 bits per heavy atom. The highest BCUT2D eigenvalue weighted by molar-refractivity contribution is 5.74. The fraction of sp³-hybridized carbons (Fsp3) is 0.167. The molecule has 0 amide bonds. The molecule has 0 heterocycles. The summed E-state index contributed by atoms with van der Waals surface area (Å²) in [5.41, 5.74) is 0.922. The maximum Gasteiger partial charge on any atom is 0.309 e. The number of hydrogen-bond donors (Lipinski definition) is 0. The summed E-state index contributed by atoms with van der Waals surface area (Å²) in [6.45, 7) is 2.17. The molecule has 0 aliphatic heterocycles. The first-order valence-electron chi connectivity index (χ1n) is 6.93. The van der Waals surface area contributed by atoms with Crippen LogP contribution in [0.1, 0.15) is 18.9 Å². The number of para-hydroxylation sites is 1. The maximum absolute atomic E-state index is 11.5. The van der Waals surface area contributed by atoms with Gasteiger partial charge in [-0.2, -0.15) is 0 Å². The molecule has 0 atom stereocenters. The summed E-state index contributed by atoms with van der Waals surface area (Å²) >= 11 is 0. The van der Waals surface area contributed by atoms with E-state index >= 15 is 0 Å². The molecule has 2 aromatic carbocycles. The van der Waals surface area contributed by atoms with Gasteiger partial charge in [0.25, 0.3) is 0 Å². The first kappa shape index (κ1) is 14.9. The zero-order chi connectivity index (χ0) is 14.9. The molecule has 0 spiro atoms. The van der Waals surface area contributed by atoms with E-state index in [2.05, 4.69) is 0 Å². The topological polar surface area (TPSA) is 35.5 Å². The molecule has 0 saturated heterocycles. The minimum atomic E-state index is -0.261. The maximum atomic E-state index is 11.5. The van der Waals surface area contributed by atoms with Crippen molar-refractivity contribution in [2.45, 2.75) is 13.3 Å². The van der Waals surface area contributed by atoms with Crippen LogP contribution in [0.2, 0.25) is 0 Å². The highest BCUT2D eigenvalue weighted by atomic mass is 16.5. The van der Waals surface area contributed by atoms with Crippen molar-refractivity contribution in [2.24, 2.45) is 0 Å². The number of ether oxygens (including phenoxy) is 2. The SMILES string of the molecule is CCOC(=O)CC=C(Oc1ccccc1)c1ccccc1. The smallest absolute Gasteiger partial charge is 0.309 e. The van der Waals surface area contributed by atoms with E-state index in [1.54, 1.807) is 13.0 Å². The van der Waals surface area contributed by atoms with Gasteiger partial charge in [0, 0.05) is 5.56 Å². The Balaban J connectivity index is 2.18. The van der Waals surface area contributed by atoms with Gasteiger partial charge in [-0.05, 0) is 25.1 Å². The van der Waals surface area contributed by atoms with E-state index in [1.807, 2.05) is 60.7 Å². The van der Waals surface area contributed by atoms with Crippen LogP contribution in [-0.4, -0.2) is 12.6 Å². The van der Waals surface area contributed by atoms with Gasteiger partial charge in [-0.1, -0.05) is 48.5 Å². The Bertz CT molecular complexity index is 588. The largest absolute Gasteiger partial charge is 0.466 e. The molecular weight excluding hydrogens is 264 g/mol. The Labute approximate surface area is 124 Å². The molecule has 0 aliphatic rings. The van der Waals surface area contributed by atoms with Crippen LogP contribution in [0.25, 0.3) is 5.76 Å². The number of rotatable bonds is 6. The minimum Gasteiger partial charge on any atom is -0.466 e. The minimum absolute atomic E-state index is 0.185. The van der Waals surface area contributed by atoms with Gasteiger partial charge in [0.1, 0.15) is 11.5 Å². The molecular formula is C18H18O3. The van der Waals surface area contributed by atoms with E-state index in [-0.39, 0.29) is 12.4 Å².